The molecule has 0 aliphatic rings. The third-order valence-electron chi connectivity index (χ3n) is 4.26. The van der Waals surface area contributed by atoms with Crippen LogP contribution in [0.25, 0.3) is 0 Å². The standard InChI is InChI=1S/C20H33O4Si/c1-6-8-9-17(7-2)16-22-14-15-23-24-20(21)18-10-12-19(13-11-18)25(3,4)5/h10-13,15,17H,6-9,14,16H2,1-5H3. The van der Waals surface area contributed by atoms with Gasteiger partial charge in [0.15, 0.2) is 6.61 Å². The molecule has 0 N–H and O–H groups in total. The van der Waals surface area contributed by atoms with Gasteiger partial charge in [0.05, 0.1) is 20.2 Å². The fourth-order valence-corrected chi connectivity index (χ4v) is 3.61. The van der Waals surface area contributed by atoms with Gasteiger partial charge in [-0.15, -0.1) is 0 Å². The van der Waals surface area contributed by atoms with Gasteiger partial charge in [-0.05, 0) is 24.5 Å². The van der Waals surface area contributed by atoms with E-state index in [0.717, 1.165) is 6.42 Å². The lowest BCUT2D eigenvalue weighted by Crippen LogP contribution is -2.37. The molecule has 0 saturated carbocycles. The molecule has 4 nitrogen and oxygen atoms in total. The van der Waals surface area contributed by atoms with E-state index < -0.39 is 14.0 Å². The predicted octanol–water partition coefficient (Wildman–Crippen LogP) is 4.71. The number of benzene rings is 1. The zero-order valence-corrected chi connectivity index (χ0v) is 17.3. The summed E-state index contributed by atoms with van der Waals surface area (Å²) in [7, 11) is -1.36. The minimum absolute atomic E-state index is 0.310. The van der Waals surface area contributed by atoms with E-state index in [1.165, 1.54) is 31.1 Å². The fraction of sp³-hybridized carbons (Fsp3) is 0.600. The highest BCUT2D eigenvalue weighted by atomic mass is 28.3. The zero-order valence-electron chi connectivity index (χ0n) is 16.3. The average Bonchev–Trinajstić information content (AvgIpc) is 2.59. The van der Waals surface area contributed by atoms with Gasteiger partial charge < -0.3 is 4.74 Å². The van der Waals surface area contributed by atoms with Crippen molar-refractivity contribution in [1.29, 1.82) is 0 Å². The normalized spacial score (nSPS) is 12.8. The maximum absolute atomic E-state index is 11.9. The number of hydrogen-bond donors (Lipinski definition) is 0. The molecule has 0 spiro atoms. The first-order valence-electron chi connectivity index (χ1n) is 9.26. The van der Waals surface area contributed by atoms with Gasteiger partial charge in [-0.3, -0.25) is 4.89 Å². The predicted molar refractivity (Wildman–Crippen MR) is 104 cm³/mol. The Morgan fingerprint density at radius 2 is 1.84 bits per heavy atom. The first-order valence-corrected chi connectivity index (χ1v) is 12.8. The van der Waals surface area contributed by atoms with Crippen molar-refractivity contribution in [3.05, 3.63) is 36.4 Å². The summed E-state index contributed by atoms with van der Waals surface area (Å²) in [5.41, 5.74) is 0.488. The summed E-state index contributed by atoms with van der Waals surface area (Å²) < 4.78 is 5.56. The van der Waals surface area contributed by atoms with E-state index in [2.05, 4.69) is 33.5 Å². The molecule has 5 heteroatoms. The fourth-order valence-electron chi connectivity index (χ4n) is 2.44. The summed E-state index contributed by atoms with van der Waals surface area (Å²) in [6.45, 7) is 13.6. The van der Waals surface area contributed by atoms with Gasteiger partial charge in [0.1, 0.15) is 0 Å². The molecular weight excluding hydrogens is 332 g/mol. The smallest absolute Gasteiger partial charge is 0.373 e. The largest absolute Gasteiger partial charge is 0.378 e. The van der Waals surface area contributed by atoms with Crippen LogP contribution in [0.3, 0.4) is 0 Å². The van der Waals surface area contributed by atoms with Gasteiger partial charge in [-0.2, -0.15) is 4.89 Å². The summed E-state index contributed by atoms with van der Waals surface area (Å²) in [5.74, 6) is 0.0912. The van der Waals surface area contributed by atoms with E-state index in [1.807, 2.05) is 12.1 Å². The first kappa shape index (κ1) is 21.9. The minimum atomic E-state index is -1.36. The number of unbranched alkanes of at least 4 members (excludes halogenated alkanes) is 1. The van der Waals surface area contributed by atoms with E-state index in [4.69, 9.17) is 14.5 Å². The van der Waals surface area contributed by atoms with Gasteiger partial charge in [0.2, 0.25) is 0 Å². The molecule has 1 atom stereocenters. The molecule has 0 aromatic heterocycles. The number of hydrogen-bond acceptors (Lipinski definition) is 4. The molecule has 0 bridgehead atoms. The van der Waals surface area contributed by atoms with Crippen LogP contribution in [-0.2, 0) is 14.5 Å². The molecule has 0 amide bonds. The van der Waals surface area contributed by atoms with Crippen LogP contribution in [0.15, 0.2) is 24.3 Å². The average molecular weight is 366 g/mol. The number of ether oxygens (including phenoxy) is 1. The number of rotatable bonds is 12. The lowest BCUT2D eigenvalue weighted by molar-refractivity contribution is -0.218. The zero-order chi connectivity index (χ0) is 18.7. The van der Waals surface area contributed by atoms with E-state index in [1.54, 1.807) is 12.1 Å². The molecule has 141 valence electrons. The van der Waals surface area contributed by atoms with Crippen LogP contribution in [-0.4, -0.2) is 27.3 Å². The molecule has 25 heavy (non-hydrogen) atoms. The van der Waals surface area contributed by atoms with Crippen LogP contribution in [0, 0.1) is 12.5 Å². The number of carbonyl (C=O) groups is 1. The molecule has 0 fully saturated rings. The second kappa shape index (κ2) is 11.4. The van der Waals surface area contributed by atoms with Crippen LogP contribution in [0.4, 0.5) is 0 Å². The van der Waals surface area contributed by atoms with Gasteiger partial charge in [-0.25, -0.2) is 4.79 Å². The second-order valence-corrected chi connectivity index (χ2v) is 12.5. The highest BCUT2D eigenvalue weighted by Gasteiger charge is 2.17. The molecular formula is C20H33O4Si. The van der Waals surface area contributed by atoms with Gasteiger partial charge >= 0.3 is 5.97 Å². The lowest BCUT2D eigenvalue weighted by atomic mass is 10.0. The van der Waals surface area contributed by atoms with Crippen molar-refractivity contribution in [3.8, 4) is 0 Å². The van der Waals surface area contributed by atoms with Gasteiger partial charge in [-0.1, -0.05) is 70.1 Å². The van der Waals surface area contributed by atoms with E-state index in [-0.39, 0.29) is 0 Å². The number of carbonyl (C=O) groups excluding carboxylic acids is 1. The van der Waals surface area contributed by atoms with Crippen LogP contribution in [0.2, 0.25) is 19.6 Å². The highest BCUT2D eigenvalue weighted by Crippen LogP contribution is 2.13. The molecule has 1 aromatic rings. The second-order valence-electron chi connectivity index (χ2n) is 7.41. The quantitative estimate of drug-likeness (QED) is 0.233. The Kier molecular flexibility index (Phi) is 10.0. The Morgan fingerprint density at radius 1 is 1.16 bits per heavy atom. The van der Waals surface area contributed by atoms with Crippen molar-refractivity contribution < 1.29 is 19.3 Å². The van der Waals surface area contributed by atoms with Crippen LogP contribution >= 0.6 is 0 Å². The molecule has 1 radical (unpaired) electrons. The van der Waals surface area contributed by atoms with Crippen molar-refractivity contribution in [2.75, 3.05) is 13.2 Å². The molecule has 0 aliphatic carbocycles. The third kappa shape index (κ3) is 8.65. The Morgan fingerprint density at radius 3 is 2.40 bits per heavy atom. The van der Waals surface area contributed by atoms with Crippen molar-refractivity contribution in [3.63, 3.8) is 0 Å². The Labute approximate surface area is 153 Å². The SMILES string of the molecule is CCCCC(CC)COC[CH]OOC(=O)c1ccc([Si](C)(C)C)cc1. The monoisotopic (exact) mass is 365 g/mol. The van der Waals surface area contributed by atoms with Crippen LogP contribution < -0.4 is 5.19 Å². The van der Waals surface area contributed by atoms with Crippen molar-refractivity contribution >= 4 is 19.2 Å². The Balaban J connectivity index is 2.22. The molecule has 1 unspecified atom stereocenters. The van der Waals surface area contributed by atoms with Crippen molar-refractivity contribution in [2.45, 2.75) is 59.2 Å². The molecule has 0 heterocycles. The van der Waals surface area contributed by atoms with E-state index >= 15 is 0 Å². The van der Waals surface area contributed by atoms with Gasteiger partial charge in [0.25, 0.3) is 0 Å². The summed E-state index contributed by atoms with van der Waals surface area (Å²) >= 11 is 0. The van der Waals surface area contributed by atoms with Crippen LogP contribution in [0.5, 0.6) is 0 Å². The topological polar surface area (TPSA) is 44.8 Å². The highest BCUT2D eigenvalue weighted by molar-refractivity contribution is 6.88. The molecule has 0 saturated heterocycles. The summed E-state index contributed by atoms with van der Waals surface area (Å²) in [6.07, 6.45) is 4.75. The Bertz CT molecular complexity index is 493. The first-order chi connectivity index (χ1) is 11.9. The summed E-state index contributed by atoms with van der Waals surface area (Å²) in [5, 5.41) is 1.30. The van der Waals surface area contributed by atoms with Gasteiger partial charge in [0, 0.05) is 6.61 Å². The Hall–Kier alpha value is -1.17. The van der Waals surface area contributed by atoms with Crippen molar-refractivity contribution in [2.24, 2.45) is 5.92 Å². The lowest BCUT2D eigenvalue weighted by Gasteiger charge is -2.16. The van der Waals surface area contributed by atoms with Crippen LogP contribution in [0.1, 0.15) is 49.9 Å². The van der Waals surface area contributed by atoms with E-state index in [0.29, 0.717) is 24.7 Å². The minimum Gasteiger partial charge on any atom is -0.378 e. The van der Waals surface area contributed by atoms with Crippen molar-refractivity contribution in [1.82, 2.24) is 0 Å². The molecule has 0 aliphatic heterocycles. The third-order valence-corrected chi connectivity index (χ3v) is 6.33. The maximum atomic E-state index is 11.9. The van der Waals surface area contributed by atoms with E-state index in [9.17, 15) is 4.79 Å². The molecule has 1 aromatic carbocycles. The molecule has 1 rings (SSSR count). The summed E-state index contributed by atoms with van der Waals surface area (Å²) in [6, 6.07) is 7.57. The summed E-state index contributed by atoms with van der Waals surface area (Å²) in [4.78, 5) is 21.6. The maximum Gasteiger partial charge on any atom is 0.373 e.